The van der Waals surface area contributed by atoms with Gasteiger partial charge in [-0.3, -0.25) is 4.79 Å². The van der Waals surface area contributed by atoms with Crippen molar-refractivity contribution in [2.45, 2.75) is 26.4 Å². The van der Waals surface area contributed by atoms with Crippen LogP contribution in [-0.2, 0) is 0 Å². The zero-order valence-electron chi connectivity index (χ0n) is 11.1. The number of hydrogen-bond donors (Lipinski definition) is 1. The molecule has 0 saturated carbocycles. The van der Waals surface area contributed by atoms with Crippen LogP contribution in [0.15, 0.2) is 41.8 Å². The van der Waals surface area contributed by atoms with Crippen molar-refractivity contribution < 1.29 is 9.53 Å². The van der Waals surface area contributed by atoms with Gasteiger partial charge in [-0.25, -0.2) is 0 Å². The molecular weight excluding hydrogens is 258 g/mol. The van der Waals surface area contributed by atoms with Crippen molar-refractivity contribution in [3.63, 3.8) is 0 Å². The molecule has 0 fully saturated rings. The number of hydrogen-bond acceptors (Lipinski definition) is 3. The Kier molecular flexibility index (Phi) is 4.58. The zero-order valence-corrected chi connectivity index (χ0v) is 11.9. The molecule has 1 aromatic carbocycles. The Labute approximate surface area is 117 Å². The van der Waals surface area contributed by atoms with E-state index < -0.39 is 0 Å². The Morgan fingerprint density at radius 1 is 1.32 bits per heavy atom. The minimum absolute atomic E-state index is 0.0782. The Hall–Kier alpha value is -1.81. The van der Waals surface area contributed by atoms with Crippen LogP contribution in [0.2, 0.25) is 0 Å². The van der Waals surface area contributed by atoms with Crippen LogP contribution in [0.4, 0.5) is 5.69 Å². The molecule has 1 atom stereocenters. The second kappa shape index (κ2) is 6.38. The van der Waals surface area contributed by atoms with E-state index in [0.29, 0.717) is 4.88 Å². The summed E-state index contributed by atoms with van der Waals surface area (Å²) < 4.78 is 5.69. The van der Waals surface area contributed by atoms with Gasteiger partial charge in [-0.2, -0.15) is 0 Å². The highest BCUT2D eigenvalue weighted by Crippen LogP contribution is 2.19. The van der Waals surface area contributed by atoms with Gasteiger partial charge in [-0.15, -0.1) is 11.3 Å². The van der Waals surface area contributed by atoms with Crippen LogP contribution >= 0.6 is 11.3 Å². The zero-order chi connectivity index (χ0) is 13.7. The first kappa shape index (κ1) is 13.6. The number of rotatable bonds is 5. The average molecular weight is 275 g/mol. The lowest BCUT2D eigenvalue weighted by molar-refractivity contribution is 0.103. The maximum absolute atomic E-state index is 11.9. The standard InChI is InChI=1S/C15H17NO2S/c1-3-11(2)18-13-8-6-12(7-9-13)16-15(17)14-5-4-10-19-14/h4-11H,3H2,1-2H3,(H,16,17). The van der Waals surface area contributed by atoms with E-state index in [2.05, 4.69) is 12.2 Å². The monoisotopic (exact) mass is 275 g/mol. The van der Waals surface area contributed by atoms with Gasteiger partial charge in [-0.05, 0) is 49.1 Å². The van der Waals surface area contributed by atoms with Crippen LogP contribution in [0.3, 0.4) is 0 Å². The lowest BCUT2D eigenvalue weighted by atomic mass is 10.2. The van der Waals surface area contributed by atoms with Crippen molar-refractivity contribution in [3.05, 3.63) is 46.7 Å². The summed E-state index contributed by atoms with van der Waals surface area (Å²) in [7, 11) is 0. The molecule has 0 aliphatic heterocycles. The summed E-state index contributed by atoms with van der Waals surface area (Å²) in [5.74, 6) is 0.745. The Morgan fingerprint density at radius 3 is 2.63 bits per heavy atom. The van der Waals surface area contributed by atoms with Crippen LogP contribution in [0.5, 0.6) is 5.75 Å². The molecule has 2 aromatic rings. The number of ether oxygens (including phenoxy) is 1. The fourth-order valence-electron chi connectivity index (χ4n) is 1.53. The first-order valence-corrected chi connectivity index (χ1v) is 7.18. The number of thiophene rings is 1. The molecule has 0 radical (unpaired) electrons. The smallest absolute Gasteiger partial charge is 0.265 e. The van der Waals surface area contributed by atoms with E-state index in [0.717, 1.165) is 17.9 Å². The first-order chi connectivity index (χ1) is 9.19. The minimum atomic E-state index is -0.0782. The number of carbonyl (C=O) groups is 1. The predicted octanol–water partition coefficient (Wildman–Crippen LogP) is 4.18. The van der Waals surface area contributed by atoms with Crippen molar-refractivity contribution in [2.75, 3.05) is 5.32 Å². The predicted molar refractivity (Wildman–Crippen MR) is 79.1 cm³/mol. The molecule has 0 saturated heterocycles. The lowest BCUT2D eigenvalue weighted by Gasteiger charge is -2.12. The second-order valence-electron chi connectivity index (χ2n) is 4.29. The van der Waals surface area contributed by atoms with Gasteiger partial charge in [0.1, 0.15) is 5.75 Å². The maximum atomic E-state index is 11.9. The SMILES string of the molecule is CCC(C)Oc1ccc(NC(=O)c2cccs2)cc1. The fourth-order valence-corrected chi connectivity index (χ4v) is 2.15. The van der Waals surface area contributed by atoms with E-state index in [9.17, 15) is 4.79 Å². The highest BCUT2D eigenvalue weighted by molar-refractivity contribution is 7.12. The van der Waals surface area contributed by atoms with E-state index >= 15 is 0 Å². The van der Waals surface area contributed by atoms with Crippen LogP contribution in [0.25, 0.3) is 0 Å². The van der Waals surface area contributed by atoms with Crippen molar-refractivity contribution in [3.8, 4) is 5.75 Å². The molecule has 2 rings (SSSR count). The molecule has 0 bridgehead atoms. The number of carbonyl (C=O) groups excluding carboxylic acids is 1. The van der Waals surface area contributed by atoms with Crippen LogP contribution < -0.4 is 10.1 Å². The summed E-state index contributed by atoms with van der Waals surface area (Å²) in [6.07, 6.45) is 1.17. The Morgan fingerprint density at radius 2 is 2.05 bits per heavy atom. The molecule has 100 valence electrons. The van der Waals surface area contributed by atoms with Gasteiger partial charge in [0.25, 0.3) is 5.91 Å². The molecule has 1 aromatic heterocycles. The molecule has 0 aliphatic carbocycles. The van der Waals surface area contributed by atoms with Crippen molar-refractivity contribution in [1.29, 1.82) is 0 Å². The third-order valence-electron chi connectivity index (χ3n) is 2.77. The van der Waals surface area contributed by atoms with E-state index in [1.165, 1.54) is 11.3 Å². The van der Waals surface area contributed by atoms with Crippen molar-refractivity contribution >= 4 is 22.9 Å². The summed E-state index contributed by atoms with van der Waals surface area (Å²) in [5, 5.41) is 4.74. The summed E-state index contributed by atoms with van der Waals surface area (Å²) in [5.41, 5.74) is 0.773. The molecule has 0 spiro atoms. The molecule has 0 aliphatic rings. The highest BCUT2D eigenvalue weighted by Gasteiger charge is 2.07. The second-order valence-corrected chi connectivity index (χ2v) is 5.24. The summed E-state index contributed by atoms with van der Waals surface area (Å²) >= 11 is 1.43. The number of benzene rings is 1. The van der Waals surface area contributed by atoms with Crippen molar-refractivity contribution in [2.24, 2.45) is 0 Å². The summed E-state index contributed by atoms with van der Waals surface area (Å²) in [4.78, 5) is 12.6. The number of nitrogens with one attached hydrogen (secondary N) is 1. The van der Waals surface area contributed by atoms with Crippen molar-refractivity contribution in [1.82, 2.24) is 0 Å². The van der Waals surface area contributed by atoms with E-state index in [4.69, 9.17) is 4.74 Å². The van der Waals surface area contributed by atoms with Gasteiger partial charge in [0, 0.05) is 5.69 Å². The normalized spacial score (nSPS) is 11.9. The maximum Gasteiger partial charge on any atom is 0.265 e. The van der Waals surface area contributed by atoms with Gasteiger partial charge < -0.3 is 10.1 Å². The fraction of sp³-hybridized carbons (Fsp3) is 0.267. The molecule has 1 amide bonds. The molecule has 1 N–H and O–H groups in total. The van der Waals surface area contributed by atoms with Gasteiger partial charge >= 0.3 is 0 Å². The number of amides is 1. The van der Waals surface area contributed by atoms with Gasteiger partial charge in [0.05, 0.1) is 11.0 Å². The highest BCUT2D eigenvalue weighted by atomic mass is 32.1. The molecule has 3 nitrogen and oxygen atoms in total. The largest absolute Gasteiger partial charge is 0.491 e. The molecule has 1 heterocycles. The van der Waals surface area contributed by atoms with E-state index in [-0.39, 0.29) is 12.0 Å². The summed E-state index contributed by atoms with van der Waals surface area (Å²) in [6.45, 7) is 4.12. The molecule has 4 heteroatoms. The van der Waals surface area contributed by atoms with Crippen LogP contribution in [-0.4, -0.2) is 12.0 Å². The minimum Gasteiger partial charge on any atom is -0.491 e. The third-order valence-corrected chi connectivity index (χ3v) is 3.64. The average Bonchev–Trinajstić information content (AvgIpc) is 2.95. The Balaban J connectivity index is 1.97. The first-order valence-electron chi connectivity index (χ1n) is 6.30. The lowest BCUT2D eigenvalue weighted by Crippen LogP contribution is -2.11. The molecule has 1 unspecified atom stereocenters. The van der Waals surface area contributed by atoms with Crippen LogP contribution in [0, 0.1) is 0 Å². The third kappa shape index (κ3) is 3.83. The van der Waals surface area contributed by atoms with Gasteiger partial charge in [0.2, 0.25) is 0 Å². The molecule has 19 heavy (non-hydrogen) atoms. The van der Waals surface area contributed by atoms with E-state index in [1.54, 1.807) is 6.07 Å². The van der Waals surface area contributed by atoms with Crippen LogP contribution in [0.1, 0.15) is 29.9 Å². The van der Waals surface area contributed by atoms with E-state index in [1.807, 2.05) is 42.6 Å². The number of anilines is 1. The topological polar surface area (TPSA) is 38.3 Å². The van der Waals surface area contributed by atoms with Gasteiger partial charge in [-0.1, -0.05) is 13.0 Å². The quantitative estimate of drug-likeness (QED) is 0.889. The van der Waals surface area contributed by atoms with Gasteiger partial charge in [0.15, 0.2) is 0 Å². The Bertz CT molecular complexity index is 520. The summed E-state index contributed by atoms with van der Waals surface area (Å²) in [6, 6.07) is 11.1. The molecular formula is C15H17NO2S.